The smallest absolute Gasteiger partial charge is 0.406 e. The van der Waals surface area contributed by atoms with Gasteiger partial charge >= 0.3 is 18.2 Å². The highest BCUT2D eigenvalue weighted by Crippen LogP contribution is 2.35. The number of alkyl halides is 3. The Labute approximate surface area is 115 Å². The van der Waals surface area contributed by atoms with Gasteiger partial charge in [0.05, 0.1) is 12.0 Å². The van der Waals surface area contributed by atoms with Crippen molar-refractivity contribution in [1.82, 2.24) is 10.2 Å². The van der Waals surface area contributed by atoms with E-state index in [1.807, 2.05) is 0 Å². The van der Waals surface area contributed by atoms with E-state index in [0.29, 0.717) is 24.2 Å². The van der Waals surface area contributed by atoms with Crippen LogP contribution in [0.1, 0.15) is 39.0 Å². The van der Waals surface area contributed by atoms with E-state index < -0.39 is 30.3 Å². The fourth-order valence-corrected chi connectivity index (χ4v) is 2.28. The van der Waals surface area contributed by atoms with E-state index in [9.17, 15) is 22.8 Å². The number of aliphatic carboxylic acids is 1. The van der Waals surface area contributed by atoms with Crippen molar-refractivity contribution >= 4 is 12.0 Å². The predicted octanol–water partition coefficient (Wildman–Crippen LogP) is 2.37. The zero-order valence-electron chi connectivity index (χ0n) is 11.3. The van der Waals surface area contributed by atoms with Crippen molar-refractivity contribution in [3.63, 3.8) is 0 Å². The maximum atomic E-state index is 12.4. The van der Waals surface area contributed by atoms with Crippen molar-refractivity contribution in [2.24, 2.45) is 0 Å². The summed E-state index contributed by atoms with van der Waals surface area (Å²) in [6, 6.07) is -0.842. The summed E-state index contributed by atoms with van der Waals surface area (Å²) >= 11 is 0. The standard InChI is InChI=1S/C12H19F3N2O3/c1-2-6-17(8-12(13,14)15)10(20)16-11(4-3-5-11)7-9(18)19/h2-8H2,1H3,(H,16,20)(H,18,19). The van der Waals surface area contributed by atoms with E-state index in [2.05, 4.69) is 5.32 Å². The fourth-order valence-electron chi connectivity index (χ4n) is 2.28. The van der Waals surface area contributed by atoms with E-state index in [1.165, 1.54) is 0 Å². The third kappa shape index (κ3) is 4.90. The average Bonchev–Trinajstić information content (AvgIpc) is 2.22. The number of carboxylic acid groups (broad SMARTS) is 1. The lowest BCUT2D eigenvalue weighted by atomic mass is 9.74. The first-order valence-corrected chi connectivity index (χ1v) is 6.53. The van der Waals surface area contributed by atoms with Crippen LogP contribution < -0.4 is 5.32 Å². The highest BCUT2D eigenvalue weighted by Gasteiger charge is 2.42. The number of nitrogens with one attached hydrogen (secondary N) is 1. The van der Waals surface area contributed by atoms with Crippen LogP contribution in [-0.4, -0.2) is 46.8 Å². The lowest BCUT2D eigenvalue weighted by Crippen LogP contribution is -2.59. The van der Waals surface area contributed by atoms with Crippen LogP contribution in [0.5, 0.6) is 0 Å². The summed E-state index contributed by atoms with van der Waals surface area (Å²) in [4.78, 5) is 23.4. The van der Waals surface area contributed by atoms with Crippen molar-refractivity contribution < 1.29 is 27.9 Å². The van der Waals surface area contributed by atoms with Gasteiger partial charge in [0.25, 0.3) is 0 Å². The second-order valence-corrected chi connectivity index (χ2v) is 5.17. The van der Waals surface area contributed by atoms with Gasteiger partial charge in [-0.05, 0) is 25.7 Å². The normalized spacial score (nSPS) is 17.2. The van der Waals surface area contributed by atoms with Gasteiger partial charge in [0.1, 0.15) is 6.54 Å². The molecule has 2 N–H and O–H groups in total. The van der Waals surface area contributed by atoms with Gasteiger partial charge < -0.3 is 15.3 Å². The molecule has 0 radical (unpaired) electrons. The number of carboxylic acids is 1. The molecule has 0 aromatic heterocycles. The minimum Gasteiger partial charge on any atom is -0.481 e. The number of amides is 2. The molecular weight excluding hydrogens is 277 g/mol. The predicted molar refractivity (Wildman–Crippen MR) is 65.3 cm³/mol. The van der Waals surface area contributed by atoms with Crippen molar-refractivity contribution in [1.29, 1.82) is 0 Å². The Morgan fingerprint density at radius 2 is 1.95 bits per heavy atom. The number of carbonyl (C=O) groups is 2. The number of hydrogen-bond acceptors (Lipinski definition) is 2. The molecule has 1 saturated carbocycles. The third-order valence-corrected chi connectivity index (χ3v) is 3.32. The molecule has 0 heterocycles. The molecule has 1 aliphatic carbocycles. The van der Waals surface area contributed by atoms with Crippen molar-refractivity contribution in [3.05, 3.63) is 0 Å². The summed E-state index contributed by atoms with van der Waals surface area (Å²) in [6.07, 6.45) is -2.60. The minimum atomic E-state index is -4.47. The highest BCUT2D eigenvalue weighted by atomic mass is 19.4. The minimum absolute atomic E-state index is 0.0194. The van der Waals surface area contributed by atoms with Crippen molar-refractivity contribution in [2.45, 2.75) is 50.7 Å². The van der Waals surface area contributed by atoms with Gasteiger partial charge in [-0.3, -0.25) is 4.79 Å². The topological polar surface area (TPSA) is 69.6 Å². The number of hydrogen-bond donors (Lipinski definition) is 2. The summed E-state index contributed by atoms with van der Waals surface area (Å²) in [5.41, 5.74) is -0.888. The van der Waals surface area contributed by atoms with Gasteiger partial charge in [-0.15, -0.1) is 0 Å². The van der Waals surface area contributed by atoms with Crippen LogP contribution in [0.4, 0.5) is 18.0 Å². The summed E-state index contributed by atoms with van der Waals surface area (Å²) in [5.74, 6) is -1.07. The van der Waals surface area contributed by atoms with Crippen molar-refractivity contribution in [3.8, 4) is 0 Å². The average molecular weight is 296 g/mol. The first kappa shape index (κ1) is 16.6. The first-order chi connectivity index (χ1) is 9.17. The van der Waals surface area contributed by atoms with Crippen LogP contribution in [0.25, 0.3) is 0 Å². The Bertz CT molecular complexity index is 367. The maximum Gasteiger partial charge on any atom is 0.406 e. The molecule has 116 valence electrons. The molecule has 5 nitrogen and oxygen atoms in total. The quantitative estimate of drug-likeness (QED) is 0.790. The molecular formula is C12H19F3N2O3. The Morgan fingerprint density at radius 3 is 2.30 bits per heavy atom. The molecule has 0 bridgehead atoms. The second kappa shape index (κ2) is 6.32. The summed E-state index contributed by atoms with van der Waals surface area (Å²) < 4.78 is 37.2. The number of nitrogens with zero attached hydrogens (tertiary/aromatic N) is 1. The molecule has 0 aromatic carbocycles. The van der Waals surface area contributed by atoms with Gasteiger partial charge in [-0.2, -0.15) is 13.2 Å². The van der Waals surface area contributed by atoms with E-state index >= 15 is 0 Å². The fraction of sp³-hybridized carbons (Fsp3) is 0.833. The SMILES string of the molecule is CCCN(CC(F)(F)F)C(=O)NC1(CC(=O)O)CCC1. The summed E-state index contributed by atoms with van der Waals surface area (Å²) in [5, 5.41) is 11.3. The highest BCUT2D eigenvalue weighted by molar-refractivity contribution is 5.77. The van der Waals surface area contributed by atoms with Crippen LogP contribution in [0.15, 0.2) is 0 Å². The van der Waals surface area contributed by atoms with E-state index in [0.717, 1.165) is 6.42 Å². The largest absolute Gasteiger partial charge is 0.481 e. The molecule has 0 unspecified atom stereocenters. The summed E-state index contributed by atoms with van der Waals surface area (Å²) in [7, 11) is 0. The van der Waals surface area contributed by atoms with Gasteiger partial charge in [0.15, 0.2) is 0 Å². The van der Waals surface area contributed by atoms with Crippen LogP contribution in [0.3, 0.4) is 0 Å². The van der Waals surface area contributed by atoms with E-state index in [-0.39, 0.29) is 13.0 Å². The van der Waals surface area contributed by atoms with Gasteiger partial charge in [0.2, 0.25) is 0 Å². The lowest BCUT2D eigenvalue weighted by molar-refractivity contribution is -0.142. The molecule has 8 heteroatoms. The Kier molecular flexibility index (Phi) is 5.24. The molecule has 0 aromatic rings. The van der Waals surface area contributed by atoms with E-state index in [4.69, 9.17) is 5.11 Å². The molecule has 20 heavy (non-hydrogen) atoms. The Hall–Kier alpha value is -1.47. The maximum absolute atomic E-state index is 12.4. The van der Waals surface area contributed by atoms with Crippen LogP contribution >= 0.6 is 0 Å². The first-order valence-electron chi connectivity index (χ1n) is 6.53. The van der Waals surface area contributed by atoms with Crippen molar-refractivity contribution in [2.75, 3.05) is 13.1 Å². The zero-order valence-corrected chi connectivity index (χ0v) is 11.3. The zero-order chi connectivity index (χ0) is 15.4. The molecule has 0 aliphatic heterocycles. The number of rotatable bonds is 6. The number of halogens is 3. The van der Waals surface area contributed by atoms with Gasteiger partial charge in [-0.25, -0.2) is 4.79 Å². The van der Waals surface area contributed by atoms with Gasteiger partial charge in [-0.1, -0.05) is 6.92 Å². The monoisotopic (exact) mass is 296 g/mol. The van der Waals surface area contributed by atoms with Gasteiger partial charge in [0, 0.05) is 6.54 Å². The molecule has 0 saturated heterocycles. The molecule has 2 amide bonds. The van der Waals surface area contributed by atoms with E-state index in [1.54, 1.807) is 6.92 Å². The molecule has 0 spiro atoms. The molecule has 0 atom stereocenters. The summed E-state index contributed by atoms with van der Waals surface area (Å²) in [6.45, 7) is 0.331. The lowest BCUT2D eigenvalue weighted by Gasteiger charge is -2.42. The second-order valence-electron chi connectivity index (χ2n) is 5.17. The molecule has 1 fully saturated rings. The molecule has 1 rings (SSSR count). The third-order valence-electron chi connectivity index (χ3n) is 3.32. The van der Waals surface area contributed by atoms with Crippen LogP contribution in [0, 0.1) is 0 Å². The van der Waals surface area contributed by atoms with Crippen LogP contribution in [-0.2, 0) is 4.79 Å². The number of carbonyl (C=O) groups excluding carboxylic acids is 1. The number of urea groups is 1. The Morgan fingerprint density at radius 1 is 1.35 bits per heavy atom. The molecule has 1 aliphatic rings. The Balaban J connectivity index is 2.67. The van der Waals surface area contributed by atoms with Crippen LogP contribution in [0.2, 0.25) is 0 Å².